The van der Waals surface area contributed by atoms with Gasteiger partial charge in [0.15, 0.2) is 5.75 Å². The zero-order chi connectivity index (χ0) is 21.5. The maximum Gasteiger partial charge on any atom is 0.505 e. The van der Waals surface area contributed by atoms with Gasteiger partial charge >= 0.3 is 12.0 Å². The molecule has 11 heteroatoms. The Kier molecular flexibility index (Phi) is 4.57. The number of hydrogen-bond donors (Lipinski definition) is 0. The fourth-order valence-corrected chi connectivity index (χ4v) is 3.18. The Balaban J connectivity index is 2.05. The molecule has 2 heterocycles. The molecule has 0 saturated heterocycles. The standard InChI is InChI=1S/C19H12F3N5O3/c1-30-16-8-14-12(7-15(16)27(28)29)17(24-10-23-14)13-9-25-26(19(20,21)22)18(13)11-5-3-2-4-6-11/h2-10H,1H3. The van der Waals surface area contributed by atoms with E-state index in [0.29, 0.717) is 0 Å². The molecule has 0 unspecified atom stereocenters. The number of ether oxygens (including phenoxy) is 1. The van der Waals surface area contributed by atoms with Crippen LogP contribution in [0.3, 0.4) is 0 Å². The molecule has 0 aliphatic carbocycles. The summed E-state index contributed by atoms with van der Waals surface area (Å²) in [6.45, 7) is 0. The Labute approximate surface area is 166 Å². The van der Waals surface area contributed by atoms with Crippen LogP contribution >= 0.6 is 0 Å². The van der Waals surface area contributed by atoms with Gasteiger partial charge in [-0.25, -0.2) is 9.97 Å². The lowest BCUT2D eigenvalue weighted by Crippen LogP contribution is -2.19. The summed E-state index contributed by atoms with van der Waals surface area (Å²) in [5, 5.41) is 15.1. The molecule has 0 amide bonds. The van der Waals surface area contributed by atoms with Gasteiger partial charge < -0.3 is 4.74 Å². The summed E-state index contributed by atoms with van der Waals surface area (Å²) in [7, 11) is 1.27. The van der Waals surface area contributed by atoms with E-state index >= 15 is 0 Å². The molecule has 0 aliphatic rings. The molecule has 0 fully saturated rings. The van der Waals surface area contributed by atoms with Crippen molar-refractivity contribution in [1.29, 1.82) is 0 Å². The van der Waals surface area contributed by atoms with Crippen molar-refractivity contribution in [3.63, 3.8) is 0 Å². The normalized spacial score (nSPS) is 11.6. The van der Waals surface area contributed by atoms with Crippen LogP contribution in [0.5, 0.6) is 5.75 Å². The van der Waals surface area contributed by atoms with Crippen molar-refractivity contribution in [2.45, 2.75) is 6.30 Å². The second-order valence-electron chi connectivity index (χ2n) is 6.17. The van der Waals surface area contributed by atoms with Crippen LogP contribution in [0.4, 0.5) is 18.9 Å². The van der Waals surface area contributed by atoms with Crippen molar-refractivity contribution in [2.75, 3.05) is 7.11 Å². The molecule has 0 atom stereocenters. The minimum atomic E-state index is -4.78. The largest absolute Gasteiger partial charge is 0.505 e. The number of hydrogen-bond acceptors (Lipinski definition) is 6. The van der Waals surface area contributed by atoms with E-state index in [1.165, 1.54) is 37.7 Å². The molecular formula is C19H12F3N5O3. The number of rotatable bonds is 4. The van der Waals surface area contributed by atoms with E-state index in [-0.39, 0.29) is 49.5 Å². The zero-order valence-electron chi connectivity index (χ0n) is 15.3. The minimum absolute atomic E-state index is 0.0218. The molecule has 0 bridgehead atoms. The van der Waals surface area contributed by atoms with E-state index in [1.54, 1.807) is 18.2 Å². The van der Waals surface area contributed by atoms with Crippen LogP contribution in [-0.2, 0) is 6.30 Å². The molecule has 2 aromatic carbocycles. The molecule has 8 nitrogen and oxygen atoms in total. The zero-order valence-corrected chi connectivity index (χ0v) is 15.3. The minimum Gasteiger partial charge on any atom is -0.490 e. The van der Waals surface area contributed by atoms with Crippen LogP contribution in [0.1, 0.15) is 0 Å². The first kappa shape index (κ1) is 19.3. The number of benzene rings is 2. The Morgan fingerprint density at radius 2 is 1.87 bits per heavy atom. The van der Waals surface area contributed by atoms with E-state index < -0.39 is 11.2 Å². The Morgan fingerprint density at radius 3 is 2.50 bits per heavy atom. The molecule has 4 rings (SSSR count). The van der Waals surface area contributed by atoms with Crippen LogP contribution in [-0.4, -0.2) is 31.8 Å². The number of nitro groups is 1. The smallest absolute Gasteiger partial charge is 0.490 e. The van der Waals surface area contributed by atoms with Crippen LogP contribution in [0.15, 0.2) is 55.0 Å². The predicted octanol–water partition coefficient (Wildman–Crippen LogP) is 4.55. The van der Waals surface area contributed by atoms with Crippen molar-refractivity contribution in [2.24, 2.45) is 0 Å². The quantitative estimate of drug-likeness (QED) is 0.358. The van der Waals surface area contributed by atoms with Gasteiger partial charge in [0.2, 0.25) is 0 Å². The van der Waals surface area contributed by atoms with E-state index in [4.69, 9.17) is 4.74 Å². The van der Waals surface area contributed by atoms with Gasteiger partial charge in [-0.3, -0.25) is 10.1 Å². The number of nitro benzene ring substituents is 1. The first-order valence-electron chi connectivity index (χ1n) is 8.49. The highest BCUT2D eigenvalue weighted by Crippen LogP contribution is 2.40. The van der Waals surface area contributed by atoms with Gasteiger partial charge in [-0.15, -0.1) is 13.2 Å². The summed E-state index contributed by atoms with van der Waals surface area (Å²) >= 11 is 0. The number of methoxy groups -OCH3 is 1. The first-order valence-corrected chi connectivity index (χ1v) is 8.49. The molecule has 0 radical (unpaired) electrons. The topological polar surface area (TPSA) is 96.0 Å². The van der Waals surface area contributed by atoms with Gasteiger partial charge in [-0.2, -0.15) is 9.78 Å². The van der Waals surface area contributed by atoms with Gasteiger partial charge in [0, 0.05) is 28.6 Å². The van der Waals surface area contributed by atoms with Gasteiger partial charge in [-0.1, -0.05) is 30.3 Å². The third-order valence-electron chi connectivity index (χ3n) is 4.44. The highest BCUT2D eigenvalue weighted by molar-refractivity contribution is 5.98. The van der Waals surface area contributed by atoms with Gasteiger partial charge in [0.05, 0.1) is 35.1 Å². The third kappa shape index (κ3) is 3.19. The molecule has 0 spiro atoms. The van der Waals surface area contributed by atoms with Crippen molar-refractivity contribution in [1.82, 2.24) is 19.7 Å². The SMILES string of the molecule is COc1cc2ncnc(-c3cnn(C(F)(F)F)c3-c3ccccc3)c2cc1[N+](=O)[O-]. The maximum absolute atomic E-state index is 13.6. The summed E-state index contributed by atoms with van der Waals surface area (Å²) in [5.74, 6) is -0.0218. The van der Waals surface area contributed by atoms with E-state index in [0.717, 1.165) is 6.20 Å². The summed E-state index contributed by atoms with van der Waals surface area (Å²) in [6.07, 6.45) is -2.57. The number of fused-ring (bicyclic) bond motifs is 1. The number of alkyl halides is 3. The predicted molar refractivity (Wildman–Crippen MR) is 101 cm³/mol. The maximum atomic E-state index is 13.6. The fourth-order valence-electron chi connectivity index (χ4n) is 3.18. The number of aromatic nitrogens is 4. The highest BCUT2D eigenvalue weighted by atomic mass is 19.4. The monoisotopic (exact) mass is 415 g/mol. The van der Waals surface area contributed by atoms with Crippen molar-refractivity contribution in [3.8, 4) is 28.3 Å². The second-order valence-corrected chi connectivity index (χ2v) is 6.17. The van der Waals surface area contributed by atoms with Crippen molar-refractivity contribution < 1.29 is 22.8 Å². The van der Waals surface area contributed by atoms with E-state index in [1.807, 2.05) is 0 Å². The lowest BCUT2D eigenvalue weighted by atomic mass is 10.0. The average Bonchev–Trinajstić information content (AvgIpc) is 3.18. The molecule has 2 aromatic heterocycles. The van der Waals surface area contributed by atoms with Crippen LogP contribution in [0.2, 0.25) is 0 Å². The molecule has 0 saturated carbocycles. The molecule has 4 aromatic rings. The molecular weight excluding hydrogens is 403 g/mol. The Morgan fingerprint density at radius 1 is 1.13 bits per heavy atom. The van der Waals surface area contributed by atoms with Crippen molar-refractivity contribution >= 4 is 16.6 Å². The Hall–Kier alpha value is -4.02. The second kappa shape index (κ2) is 7.10. The fraction of sp³-hybridized carbons (Fsp3) is 0.105. The Bertz CT molecular complexity index is 1260. The lowest BCUT2D eigenvalue weighted by molar-refractivity contribution is -0.385. The number of nitrogens with zero attached hydrogens (tertiary/aromatic N) is 5. The van der Waals surface area contributed by atoms with E-state index in [9.17, 15) is 23.3 Å². The summed E-state index contributed by atoms with van der Waals surface area (Å²) in [5.41, 5.74) is 0.0934. The average molecular weight is 415 g/mol. The molecule has 0 N–H and O–H groups in total. The van der Waals surface area contributed by atoms with Crippen LogP contribution in [0.25, 0.3) is 33.4 Å². The number of halogens is 3. The highest BCUT2D eigenvalue weighted by Gasteiger charge is 2.36. The van der Waals surface area contributed by atoms with Crippen molar-refractivity contribution in [3.05, 3.63) is 65.1 Å². The van der Waals surface area contributed by atoms with Gasteiger partial charge in [-0.05, 0) is 0 Å². The first-order chi connectivity index (χ1) is 14.3. The molecule has 30 heavy (non-hydrogen) atoms. The summed E-state index contributed by atoms with van der Waals surface area (Å²) < 4.78 is 45.8. The molecule has 152 valence electrons. The van der Waals surface area contributed by atoms with Gasteiger partial charge in [0.25, 0.3) is 0 Å². The molecule has 0 aliphatic heterocycles. The van der Waals surface area contributed by atoms with Crippen LogP contribution < -0.4 is 4.74 Å². The van der Waals surface area contributed by atoms with E-state index in [2.05, 4.69) is 15.1 Å². The summed E-state index contributed by atoms with van der Waals surface area (Å²) in [6, 6.07) is 10.4. The van der Waals surface area contributed by atoms with Gasteiger partial charge in [0.1, 0.15) is 6.33 Å². The third-order valence-corrected chi connectivity index (χ3v) is 4.44. The lowest BCUT2D eigenvalue weighted by Gasteiger charge is -2.13. The van der Waals surface area contributed by atoms with Crippen LogP contribution in [0, 0.1) is 10.1 Å². The summed E-state index contributed by atoms with van der Waals surface area (Å²) in [4.78, 5) is 19.0.